The molecule has 0 unspecified atom stereocenters. The highest BCUT2D eigenvalue weighted by Gasteiger charge is 2.22. The van der Waals surface area contributed by atoms with Crippen LogP contribution in [0.25, 0.3) is 11.3 Å². The largest absolute Gasteiger partial charge is 0.357 e. The zero-order valence-corrected chi connectivity index (χ0v) is 17.1. The molecule has 0 N–H and O–H groups in total. The third-order valence-electron chi connectivity index (χ3n) is 5.26. The average molecular weight is 390 g/mol. The van der Waals surface area contributed by atoms with Crippen LogP contribution in [0.5, 0.6) is 0 Å². The van der Waals surface area contributed by atoms with Gasteiger partial charge < -0.3 is 14.7 Å². The van der Waals surface area contributed by atoms with Gasteiger partial charge in [0.2, 0.25) is 11.9 Å². The molecular weight excluding hydrogens is 362 g/mol. The van der Waals surface area contributed by atoms with Gasteiger partial charge in [-0.25, -0.2) is 15.0 Å². The van der Waals surface area contributed by atoms with Crippen molar-refractivity contribution >= 4 is 17.7 Å². The molecule has 1 aliphatic rings. The van der Waals surface area contributed by atoms with Crippen LogP contribution in [-0.4, -0.2) is 59.2 Å². The molecule has 0 saturated carbocycles. The Morgan fingerprint density at radius 2 is 1.41 bits per heavy atom. The Balaban J connectivity index is 1.60. The van der Waals surface area contributed by atoms with Gasteiger partial charge in [-0.15, -0.1) is 0 Å². The second kappa shape index (κ2) is 8.86. The van der Waals surface area contributed by atoms with Crippen molar-refractivity contribution in [2.24, 2.45) is 0 Å². The minimum Gasteiger partial charge on any atom is -0.357 e. The number of aromatic nitrogens is 4. The first-order valence-corrected chi connectivity index (χ1v) is 10.2. The van der Waals surface area contributed by atoms with Crippen LogP contribution in [0.1, 0.15) is 13.8 Å². The third kappa shape index (κ3) is 4.29. The number of hydrogen-bond donors (Lipinski definition) is 0. The Morgan fingerprint density at radius 3 is 2.03 bits per heavy atom. The first-order valence-electron chi connectivity index (χ1n) is 10.2. The van der Waals surface area contributed by atoms with Crippen LogP contribution in [-0.2, 0) is 0 Å². The fraction of sp³-hybridized carbons (Fsp3) is 0.364. The van der Waals surface area contributed by atoms with Gasteiger partial charge in [0, 0.05) is 63.3 Å². The molecule has 0 bridgehead atoms. The predicted octanol–water partition coefficient (Wildman–Crippen LogP) is 3.11. The lowest BCUT2D eigenvalue weighted by Crippen LogP contribution is -2.47. The van der Waals surface area contributed by atoms with E-state index in [1.165, 1.54) is 0 Å². The van der Waals surface area contributed by atoms with Crippen molar-refractivity contribution in [1.82, 2.24) is 19.9 Å². The van der Waals surface area contributed by atoms with Crippen molar-refractivity contribution in [1.29, 1.82) is 0 Å². The lowest BCUT2D eigenvalue weighted by molar-refractivity contribution is 0.627. The Kier molecular flexibility index (Phi) is 5.84. The van der Waals surface area contributed by atoms with E-state index in [-0.39, 0.29) is 0 Å². The molecule has 1 aliphatic heterocycles. The molecule has 0 amide bonds. The summed E-state index contributed by atoms with van der Waals surface area (Å²) in [5.74, 6) is 2.56. The van der Waals surface area contributed by atoms with E-state index in [0.29, 0.717) is 0 Å². The summed E-state index contributed by atoms with van der Waals surface area (Å²) in [6, 6.07) is 14.3. The summed E-state index contributed by atoms with van der Waals surface area (Å²) in [5.41, 5.74) is 2.08. The maximum atomic E-state index is 4.91. The third-order valence-corrected chi connectivity index (χ3v) is 5.26. The number of anilines is 3. The minimum absolute atomic E-state index is 0.787. The molecule has 4 rings (SSSR count). The highest BCUT2D eigenvalue weighted by molar-refractivity contribution is 5.65. The summed E-state index contributed by atoms with van der Waals surface area (Å²) in [7, 11) is 0. The van der Waals surface area contributed by atoms with Crippen LogP contribution in [0.15, 0.2) is 54.9 Å². The summed E-state index contributed by atoms with van der Waals surface area (Å²) in [6.07, 6.45) is 3.58. The van der Waals surface area contributed by atoms with E-state index in [0.717, 1.165) is 68.2 Å². The number of rotatable bonds is 6. The fourth-order valence-corrected chi connectivity index (χ4v) is 3.59. The SMILES string of the molecule is CCN(CC)c1cc(-c2ccccc2)nc(N2CCN(c3ncccn3)CC2)n1. The molecular formula is C22H27N7. The highest BCUT2D eigenvalue weighted by atomic mass is 15.4. The van der Waals surface area contributed by atoms with Gasteiger partial charge in [-0.2, -0.15) is 4.98 Å². The number of benzene rings is 1. The summed E-state index contributed by atoms with van der Waals surface area (Å²) in [4.78, 5) is 25.3. The van der Waals surface area contributed by atoms with Gasteiger partial charge in [0.15, 0.2) is 0 Å². The molecule has 3 aromatic rings. The summed E-state index contributed by atoms with van der Waals surface area (Å²) < 4.78 is 0. The Labute approximate surface area is 172 Å². The van der Waals surface area contributed by atoms with E-state index in [4.69, 9.17) is 9.97 Å². The smallest absolute Gasteiger partial charge is 0.228 e. The lowest BCUT2D eigenvalue weighted by Gasteiger charge is -2.35. The van der Waals surface area contributed by atoms with Crippen molar-refractivity contribution in [3.05, 3.63) is 54.9 Å². The first-order chi connectivity index (χ1) is 14.3. The van der Waals surface area contributed by atoms with E-state index >= 15 is 0 Å². The van der Waals surface area contributed by atoms with Crippen LogP contribution in [0, 0.1) is 0 Å². The fourth-order valence-electron chi connectivity index (χ4n) is 3.59. The molecule has 0 radical (unpaired) electrons. The van der Waals surface area contributed by atoms with Gasteiger partial charge >= 0.3 is 0 Å². The van der Waals surface area contributed by atoms with Gasteiger partial charge in [-0.05, 0) is 19.9 Å². The molecule has 0 aliphatic carbocycles. The molecule has 1 saturated heterocycles. The van der Waals surface area contributed by atoms with Crippen LogP contribution in [0.4, 0.5) is 17.7 Å². The van der Waals surface area contributed by atoms with Crippen molar-refractivity contribution in [3.8, 4) is 11.3 Å². The Hall–Kier alpha value is -3.22. The van der Waals surface area contributed by atoms with E-state index in [2.05, 4.69) is 56.7 Å². The monoisotopic (exact) mass is 389 g/mol. The molecule has 1 aromatic carbocycles. The van der Waals surface area contributed by atoms with Gasteiger partial charge in [0.05, 0.1) is 5.69 Å². The van der Waals surface area contributed by atoms with E-state index in [1.807, 2.05) is 24.3 Å². The molecule has 3 heterocycles. The standard InChI is InChI=1S/C22H27N7/c1-3-27(4-2)20-17-19(18-9-6-5-7-10-18)25-22(26-20)29-15-13-28(14-16-29)21-23-11-8-12-24-21/h5-12,17H,3-4,13-16H2,1-2H3. The van der Waals surface area contributed by atoms with Crippen LogP contribution in [0.2, 0.25) is 0 Å². The Morgan fingerprint density at radius 1 is 0.793 bits per heavy atom. The molecule has 1 fully saturated rings. The predicted molar refractivity (Wildman–Crippen MR) is 117 cm³/mol. The Bertz CT molecular complexity index is 905. The molecule has 0 spiro atoms. The summed E-state index contributed by atoms with van der Waals surface area (Å²) >= 11 is 0. The molecule has 7 heteroatoms. The number of piperazine rings is 1. The summed E-state index contributed by atoms with van der Waals surface area (Å²) in [6.45, 7) is 9.54. The van der Waals surface area contributed by atoms with E-state index < -0.39 is 0 Å². The minimum atomic E-state index is 0.787. The quantitative estimate of drug-likeness (QED) is 0.642. The second-order valence-corrected chi connectivity index (χ2v) is 6.97. The van der Waals surface area contributed by atoms with E-state index in [1.54, 1.807) is 12.4 Å². The maximum Gasteiger partial charge on any atom is 0.228 e. The van der Waals surface area contributed by atoms with Gasteiger partial charge in [0.25, 0.3) is 0 Å². The lowest BCUT2D eigenvalue weighted by atomic mass is 10.1. The van der Waals surface area contributed by atoms with Crippen molar-refractivity contribution in [2.45, 2.75) is 13.8 Å². The number of hydrogen-bond acceptors (Lipinski definition) is 7. The van der Waals surface area contributed by atoms with Crippen molar-refractivity contribution < 1.29 is 0 Å². The van der Waals surface area contributed by atoms with Crippen molar-refractivity contribution in [2.75, 3.05) is 54.0 Å². The first kappa shape index (κ1) is 19.1. The molecule has 150 valence electrons. The van der Waals surface area contributed by atoms with Crippen molar-refractivity contribution in [3.63, 3.8) is 0 Å². The summed E-state index contributed by atoms with van der Waals surface area (Å²) in [5, 5.41) is 0. The molecule has 29 heavy (non-hydrogen) atoms. The van der Waals surface area contributed by atoms with Crippen LogP contribution < -0.4 is 14.7 Å². The van der Waals surface area contributed by atoms with Gasteiger partial charge in [-0.3, -0.25) is 0 Å². The molecule has 0 atom stereocenters. The van der Waals surface area contributed by atoms with Gasteiger partial charge in [0.1, 0.15) is 5.82 Å². The topological polar surface area (TPSA) is 61.3 Å². The zero-order valence-electron chi connectivity index (χ0n) is 17.1. The molecule has 2 aromatic heterocycles. The van der Waals surface area contributed by atoms with Gasteiger partial charge in [-0.1, -0.05) is 30.3 Å². The van der Waals surface area contributed by atoms with Crippen LogP contribution >= 0.6 is 0 Å². The maximum absolute atomic E-state index is 4.91. The second-order valence-electron chi connectivity index (χ2n) is 6.97. The van der Waals surface area contributed by atoms with Crippen LogP contribution in [0.3, 0.4) is 0 Å². The average Bonchev–Trinajstić information content (AvgIpc) is 2.81. The normalized spacial score (nSPS) is 14.1. The molecule has 7 nitrogen and oxygen atoms in total. The zero-order chi connectivity index (χ0) is 20.1. The van der Waals surface area contributed by atoms with E-state index in [9.17, 15) is 0 Å². The highest BCUT2D eigenvalue weighted by Crippen LogP contribution is 2.25. The number of nitrogens with zero attached hydrogens (tertiary/aromatic N) is 7.